The van der Waals surface area contributed by atoms with Crippen LogP contribution in [0, 0.1) is 0 Å². The Morgan fingerprint density at radius 1 is 1.20 bits per heavy atom. The SMILES string of the molecule is C1=CC2=C(C=[N+]1)OCCO2. The van der Waals surface area contributed by atoms with Crippen molar-refractivity contribution in [2.24, 2.45) is 0 Å². The predicted octanol–water partition coefficient (Wildman–Crippen LogP) is 0.179. The van der Waals surface area contributed by atoms with Gasteiger partial charge >= 0.3 is 0 Å². The molecule has 0 aromatic heterocycles. The fourth-order valence-corrected chi connectivity index (χ4v) is 0.898. The van der Waals surface area contributed by atoms with E-state index in [-0.39, 0.29) is 0 Å². The highest BCUT2D eigenvalue weighted by Gasteiger charge is 2.18. The number of ether oxygens (including phenoxy) is 2. The summed E-state index contributed by atoms with van der Waals surface area (Å²) in [5.74, 6) is 1.54. The van der Waals surface area contributed by atoms with Gasteiger partial charge in [-0.3, -0.25) is 0 Å². The fourth-order valence-electron chi connectivity index (χ4n) is 0.898. The smallest absolute Gasteiger partial charge is 0.287 e. The highest BCUT2D eigenvalue weighted by atomic mass is 16.6. The fraction of sp³-hybridized carbons (Fsp3) is 0.286. The molecule has 0 bridgehead atoms. The van der Waals surface area contributed by atoms with Crippen molar-refractivity contribution in [1.29, 1.82) is 0 Å². The molecule has 3 heteroatoms. The Hall–Kier alpha value is -1.25. The standard InChI is InChI=1S/C7H7NO2/c1-2-8-5-7-6(1)9-3-4-10-7/h1-2,5H,3-4H2/q+1. The molecule has 2 aliphatic rings. The molecule has 0 saturated carbocycles. The molecule has 0 saturated heterocycles. The Morgan fingerprint density at radius 3 is 2.80 bits per heavy atom. The molecule has 0 aromatic carbocycles. The van der Waals surface area contributed by atoms with Gasteiger partial charge in [-0.05, 0) is 0 Å². The molecule has 3 nitrogen and oxygen atoms in total. The van der Waals surface area contributed by atoms with Gasteiger partial charge < -0.3 is 9.47 Å². The van der Waals surface area contributed by atoms with Crippen LogP contribution in [0.4, 0.5) is 0 Å². The second-order valence-electron chi connectivity index (χ2n) is 2.02. The van der Waals surface area contributed by atoms with Gasteiger partial charge in [-0.15, -0.1) is 0 Å². The molecule has 10 heavy (non-hydrogen) atoms. The van der Waals surface area contributed by atoms with Crippen molar-refractivity contribution in [1.82, 2.24) is 4.99 Å². The van der Waals surface area contributed by atoms with Crippen molar-refractivity contribution >= 4 is 6.21 Å². The quantitative estimate of drug-likeness (QED) is 0.477. The number of hydrogen-bond donors (Lipinski definition) is 0. The van der Waals surface area contributed by atoms with Crippen molar-refractivity contribution < 1.29 is 9.47 Å². The third kappa shape index (κ3) is 0.795. The van der Waals surface area contributed by atoms with Gasteiger partial charge in [0, 0.05) is 0 Å². The van der Waals surface area contributed by atoms with Crippen LogP contribution in [0.2, 0.25) is 0 Å². The van der Waals surface area contributed by atoms with E-state index < -0.39 is 0 Å². The van der Waals surface area contributed by atoms with Gasteiger partial charge in [0.2, 0.25) is 12.0 Å². The minimum Gasteiger partial charge on any atom is -0.486 e. The minimum absolute atomic E-state index is 0.624. The van der Waals surface area contributed by atoms with Gasteiger partial charge in [0.25, 0.3) is 6.21 Å². The second-order valence-corrected chi connectivity index (χ2v) is 2.02. The zero-order valence-electron chi connectivity index (χ0n) is 5.41. The first kappa shape index (κ1) is 5.53. The number of aliphatic imine (C=N–C) groups is 1. The van der Waals surface area contributed by atoms with Gasteiger partial charge in [0.1, 0.15) is 13.2 Å². The van der Waals surface area contributed by atoms with Gasteiger partial charge in [0.15, 0.2) is 5.76 Å². The highest BCUT2D eigenvalue weighted by Crippen LogP contribution is 2.13. The third-order valence-corrected chi connectivity index (χ3v) is 1.35. The van der Waals surface area contributed by atoms with E-state index in [1.54, 1.807) is 18.5 Å². The summed E-state index contributed by atoms with van der Waals surface area (Å²) in [5, 5.41) is 0. The van der Waals surface area contributed by atoms with E-state index in [4.69, 9.17) is 9.47 Å². The highest BCUT2D eigenvalue weighted by molar-refractivity contribution is 5.78. The van der Waals surface area contributed by atoms with E-state index in [0.717, 1.165) is 11.5 Å². The molecule has 2 rings (SSSR count). The van der Waals surface area contributed by atoms with Crippen LogP contribution in [0.5, 0.6) is 0 Å². The molecule has 0 N–H and O–H groups in total. The molecular weight excluding hydrogens is 130 g/mol. The maximum atomic E-state index is 5.26. The van der Waals surface area contributed by atoms with Crippen molar-refractivity contribution in [3.63, 3.8) is 0 Å². The zero-order valence-corrected chi connectivity index (χ0v) is 5.41. The van der Waals surface area contributed by atoms with Gasteiger partial charge in [0.05, 0.1) is 11.1 Å². The van der Waals surface area contributed by atoms with Gasteiger partial charge in [-0.2, -0.15) is 0 Å². The van der Waals surface area contributed by atoms with Crippen LogP contribution in [0.1, 0.15) is 0 Å². The van der Waals surface area contributed by atoms with Crippen LogP contribution < -0.4 is 4.99 Å². The van der Waals surface area contributed by atoms with Gasteiger partial charge in [-0.25, -0.2) is 0 Å². The van der Waals surface area contributed by atoms with E-state index in [9.17, 15) is 0 Å². The van der Waals surface area contributed by atoms with Crippen molar-refractivity contribution in [2.45, 2.75) is 0 Å². The lowest BCUT2D eigenvalue weighted by atomic mass is 10.3. The van der Waals surface area contributed by atoms with Gasteiger partial charge in [-0.1, -0.05) is 0 Å². The van der Waals surface area contributed by atoms with Crippen LogP contribution in [-0.2, 0) is 9.47 Å². The van der Waals surface area contributed by atoms with Crippen molar-refractivity contribution in [2.75, 3.05) is 13.2 Å². The molecule has 0 atom stereocenters. The molecule has 1 radical (unpaired) electrons. The molecule has 0 aliphatic carbocycles. The van der Waals surface area contributed by atoms with Crippen LogP contribution in [0.25, 0.3) is 0 Å². The van der Waals surface area contributed by atoms with Crippen molar-refractivity contribution in [3.05, 3.63) is 23.8 Å². The van der Waals surface area contributed by atoms with Crippen LogP contribution in [0.3, 0.4) is 0 Å². The number of nitrogens with zero attached hydrogens (tertiary/aromatic N) is 1. The summed E-state index contributed by atoms with van der Waals surface area (Å²) in [7, 11) is 0. The monoisotopic (exact) mass is 137 g/mol. The third-order valence-electron chi connectivity index (χ3n) is 1.35. The largest absolute Gasteiger partial charge is 0.486 e. The first-order valence-corrected chi connectivity index (χ1v) is 3.16. The molecule has 0 fully saturated rings. The molecule has 0 spiro atoms. The Morgan fingerprint density at radius 2 is 2.00 bits per heavy atom. The van der Waals surface area contributed by atoms with Crippen LogP contribution in [-0.4, -0.2) is 19.4 Å². The lowest BCUT2D eigenvalue weighted by molar-refractivity contribution is 0.0811. The average molecular weight is 137 g/mol. The Kier molecular flexibility index (Phi) is 1.20. The second kappa shape index (κ2) is 2.17. The summed E-state index contributed by atoms with van der Waals surface area (Å²) in [6, 6.07) is 0. The summed E-state index contributed by atoms with van der Waals surface area (Å²) in [6.07, 6.45) is 5.15. The number of allylic oxidation sites excluding steroid dienone is 2. The molecule has 0 amide bonds. The van der Waals surface area contributed by atoms with E-state index in [2.05, 4.69) is 4.99 Å². The van der Waals surface area contributed by atoms with E-state index in [0.29, 0.717) is 13.2 Å². The Balaban J connectivity index is 2.33. The molecule has 0 aromatic rings. The lowest BCUT2D eigenvalue weighted by Crippen LogP contribution is -2.16. The molecular formula is C7H7NO2+. The normalized spacial score (nSPS) is 21.6. The predicted molar refractivity (Wildman–Crippen MR) is 36.3 cm³/mol. The zero-order chi connectivity index (χ0) is 6.81. The van der Waals surface area contributed by atoms with Crippen LogP contribution in [0.15, 0.2) is 23.8 Å². The summed E-state index contributed by atoms with van der Waals surface area (Å²) in [6.45, 7) is 1.26. The molecule has 2 heterocycles. The molecule has 0 unspecified atom stereocenters. The maximum absolute atomic E-state index is 5.26. The Bertz CT molecular complexity index is 204. The molecule has 2 aliphatic heterocycles. The average Bonchev–Trinajstić information content (AvgIpc) is 2.05. The minimum atomic E-state index is 0.624. The first-order valence-electron chi connectivity index (χ1n) is 3.16. The topological polar surface area (TPSA) is 32.6 Å². The van der Waals surface area contributed by atoms with Crippen molar-refractivity contribution in [3.8, 4) is 0 Å². The number of hydrogen-bond acceptors (Lipinski definition) is 3. The lowest BCUT2D eigenvalue weighted by Gasteiger charge is -2.15. The van der Waals surface area contributed by atoms with E-state index in [1.165, 1.54) is 0 Å². The maximum Gasteiger partial charge on any atom is 0.287 e. The summed E-state index contributed by atoms with van der Waals surface area (Å²) in [5.41, 5.74) is 0. The summed E-state index contributed by atoms with van der Waals surface area (Å²) < 4.78 is 10.5. The number of rotatable bonds is 0. The van der Waals surface area contributed by atoms with E-state index >= 15 is 0 Å². The van der Waals surface area contributed by atoms with E-state index in [1.807, 2.05) is 0 Å². The van der Waals surface area contributed by atoms with Crippen LogP contribution >= 0.6 is 0 Å². The molecule has 51 valence electrons. The summed E-state index contributed by atoms with van der Waals surface area (Å²) in [4.78, 5) is 3.89. The Labute approximate surface area is 58.7 Å². The summed E-state index contributed by atoms with van der Waals surface area (Å²) >= 11 is 0. The first-order chi connectivity index (χ1) is 4.97.